The molecule has 1 unspecified atom stereocenters. The zero-order valence-corrected chi connectivity index (χ0v) is 15.8. The summed E-state index contributed by atoms with van der Waals surface area (Å²) >= 11 is 0. The SMILES string of the molecule is CC1(C)C(=O)Nc2cc(NC3=N[N+]4(NC5CC(N)C5)C=CN=CC4=N3)ccc21. The van der Waals surface area contributed by atoms with E-state index in [1.54, 1.807) is 12.4 Å². The molecule has 9 nitrogen and oxygen atoms in total. The molecular formula is C19H23N8O+. The number of hydrogen-bond donors (Lipinski definition) is 4. The lowest BCUT2D eigenvalue weighted by Gasteiger charge is -2.36. The number of quaternary nitrogens is 1. The lowest BCUT2D eigenvalue weighted by Crippen LogP contribution is -2.62. The Bertz CT molecular complexity index is 986. The van der Waals surface area contributed by atoms with Crippen LogP contribution in [0.3, 0.4) is 0 Å². The van der Waals surface area contributed by atoms with Gasteiger partial charge in [0, 0.05) is 17.4 Å². The Hall–Kier alpha value is -2.88. The Morgan fingerprint density at radius 3 is 2.93 bits per heavy atom. The van der Waals surface area contributed by atoms with Crippen molar-refractivity contribution in [3.63, 3.8) is 0 Å². The zero-order valence-electron chi connectivity index (χ0n) is 15.8. The molecule has 1 fully saturated rings. The second-order valence-corrected chi connectivity index (χ2v) is 8.18. The monoisotopic (exact) mass is 379 g/mol. The summed E-state index contributed by atoms with van der Waals surface area (Å²) in [6.07, 6.45) is 7.11. The normalized spacial score (nSPS) is 31.5. The molecule has 3 heterocycles. The number of amides is 1. The number of guanidine groups is 1. The minimum Gasteiger partial charge on any atom is -0.328 e. The van der Waals surface area contributed by atoms with Crippen LogP contribution in [0.2, 0.25) is 0 Å². The van der Waals surface area contributed by atoms with E-state index in [0.717, 1.165) is 29.8 Å². The van der Waals surface area contributed by atoms with Crippen molar-refractivity contribution in [1.82, 2.24) is 5.43 Å². The van der Waals surface area contributed by atoms with Gasteiger partial charge in [0.2, 0.25) is 5.91 Å². The lowest BCUT2D eigenvalue weighted by molar-refractivity contribution is -0.844. The van der Waals surface area contributed by atoms with Crippen LogP contribution in [0.5, 0.6) is 0 Å². The highest BCUT2D eigenvalue weighted by Gasteiger charge is 2.45. The summed E-state index contributed by atoms with van der Waals surface area (Å²) in [5.74, 6) is 1.18. The van der Waals surface area contributed by atoms with Crippen LogP contribution in [-0.2, 0) is 10.2 Å². The first-order valence-electron chi connectivity index (χ1n) is 9.41. The van der Waals surface area contributed by atoms with Gasteiger partial charge in [-0.1, -0.05) is 6.07 Å². The molecular weight excluding hydrogens is 356 g/mol. The molecule has 144 valence electrons. The number of rotatable bonds is 3. The van der Waals surface area contributed by atoms with Crippen molar-refractivity contribution in [3.8, 4) is 0 Å². The van der Waals surface area contributed by atoms with E-state index >= 15 is 0 Å². The molecule has 1 amide bonds. The predicted molar refractivity (Wildman–Crippen MR) is 109 cm³/mol. The van der Waals surface area contributed by atoms with Gasteiger partial charge in [0.25, 0.3) is 5.96 Å². The van der Waals surface area contributed by atoms with E-state index in [1.165, 1.54) is 0 Å². The third kappa shape index (κ3) is 2.59. The highest BCUT2D eigenvalue weighted by atomic mass is 16.2. The molecule has 1 aliphatic carbocycles. The van der Waals surface area contributed by atoms with Gasteiger partial charge in [0.15, 0.2) is 6.20 Å². The highest BCUT2D eigenvalue weighted by molar-refractivity contribution is 6.30. The smallest absolute Gasteiger partial charge is 0.301 e. The van der Waals surface area contributed by atoms with Gasteiger partial charge in [-0.2, -0.15) is 0 Å². The van der Waals surface area contributed by atoms with Crippen molar-refractivity contribution in [2.75, 3.05) is 10.6 Å². The van der Waals surface area contributed by atoms with E-state index < -0.39 is 5.41 Å². The Morgan fingerprint density at radius 1 is 1.32 bits per heavy atom. The minimum absolute atomic E-state index is 0.00370. The summed E-state index contributed by atoms with van der Waals surface area (Å²) in [6.45, 7) is 3.84. The number of anilines is 2. The van der Waals surface area contributed by atoms with Crippen molar-refractivity contribution in [2.24, 2.45) is 20.8 Å². The molecule has 0 bridgehead atoms. The van der Waals surface area contributed by atoms with Gasteiger partial charge in [-0.25, -0.2) is 0 Å². The van der Waals surface area contributed by atoms with Crippen molar-refractivity contribution in [2.45, 2.75) is 44.2 Å². The summed E-state index contributed by atoms with van der Waals surface area (Å²) in [7, 11) is 0. The van der Waals surface area contributed by atoms with E-state index in [0.29, 0.717) is 11.8 Å². The molecule has 0 aromatic heterocycles. The number of nitrogens with two attached hydrogens (primary N) is 1. The fourth-order valence-electron chi connectivity index (χ4n) is 3.92. The first-order valence-corrected chi connectivity index (χ1v) is 9.41. The van der Waals surface area contributed by atoms with E-state index in [-0.39, 0.29) is 22.7 Å². The van der Waals surface area contributed by atoms with Crippen molar-refractivity contribution in [1.29, 1.82) is 0 Å². The minimum atomic E-state index is -0.524. The molecule has 0 radical (unpaired) electrons. The number of nitrogens with one attached hydrogen (secondary N) is 3. The maximum Gasteiger partial charge on any atom is 0.301 e. The molecule has 5 N–H and O–H groups in total. The first kappa shape index (κ1) is 17.2. The average molecular weight is 379 g/mol. The summed E-state index contributed by atoms with van der Waals surface area (Å²) in [6, 6.07) is 6.35. The van der Waals surface area contributed by atoms with Gasteiger partial charge >= 0.3 is 5.84 Å². The molecule has 1 aromatic rings. The lowest BCUT2D eigenvalue weighted by atomic mass is 9.86. The molecule has 1 atom stereocenters. The van der Waals surface area contributed by atoms with Gasteiger partial charge in [-0.3, -0.25) is 9.79 Å². The number of carbonyl (C=O) groups excluding carboxylic acids is 1. The van der Waals surface area contributed by atoms with Gasteiger partial charge in [-0.05, 0) is 54.2 Å². The number of fused-ring (bicyclic) bond motifs is 2. The molecule has 4 aliphatic rings. The zero-order chi connectivity index (χ0) is 19.5. The van der Waals surface area contributed by atoms with Crippen LogP contribution < -0.4 is 21.8 Å². The van der Waals surface area contributed by atoms with Crippen LogP contribution in [0, 0.1) is 0 Å². The third-order valence-corrected chi connectivity index (χ3v) is 5.70. The molecule has 1 aromatic carbocycles. The maximum atomic E-state index is 12.2. The molecule has 28 heavy (non-hydrogen) atoms. The Kier molecular flexibility index (Phi) is 3.57. The molecule has 3 aliphatic heterocycles. The van der Waals surface area contributed by atoms with E-state index in [4.69, 9.17) is 10.8 Å². The summed E-state index contributed by atoms with van der Waals surface area (Å²) < 4.78 is 0.0813. The van der Waals surface area contributed by atoms with Crippen LogP contribution in [0.4, 0.5) is 11.4 Å². The van der Waals surface area contributed by atoms with Crippen LogP contribution in [0.25, 0.3) is 0 Å². The van der Waals surface area contributed by atoms with Crippen LogP contribution in [0.1, 0.15) is 32.3 Å². The number of amidine groups is 1. The molecule has 0 saturated heterocycles. The predicted octanol–water partition coefficient (Wildman–Crippen LogP) is 1.38. The molecule has 5 rings (SSSR count). The molecule has 1 saturated carbocycles. The van der Waals surface area contributed by atoms with Crippen molar-refractivity contribution >= 4 is 35.3 Å². The van der Waals surface area contributed by atoms with Crippen molar-refractivity contribution in [3.05, 3.63) is 36.2 Å². The van der Waals surface area contributed by atoms with Gasteiger partial charge in [0.05, 0.1) is 17.7 Å². The Labute approximate surface area is 162 Å². The Morgan fingerprint density at radius 2 is 2.14 bits per heavy atom. The number of carbonyl (C=O) groups is 1. The summed E-state index contributed by atoms with van der Waals surface area (Å²) in [5, 5.41) is 10.9. The fourth-order valence-corrected chi connectivity index (χ4v) is 3.92. The quantitative estimate of drug-likeness (QED) is 0.594. The van der Waals surface area contributed by atoms with E-state index in [1.807, 2.05) is 38.2 Å². The van der Waals surface area contributed by atoms with Crippen LogP contribution in [0.15, 0.2) is 45.7 Å². The van der Waals surface area contributed by atoms with E-state index in [2.05, 4.69) is 26.0 Å². The summed E-state index contributed by atoms with van der Waals surface area (Å²) in [5.41, 5.74) is 11.5. The van der Waals surface area contributed by atoms with Gasteiger partial charge < -0.3 is 16.4 Å². The number of aliphatic imine (C=N–C) groups is 2. The van der Waals surface area contributed by atoms with Crippen LogP contribution in [-0.4, -0.2) is 40.7 Å². The fraction of sp³-hybridized carbons (Fsp3) is 0.368. The number of nitrogens with zero attached hydrogens (tertiary/aromatic N) is 4. The van der Waals surface area contributed by atoms with Crippen molar-refractivity contribution < 1.29 is 9.50 Å². The third-order valence-electron chi connectivity index (χ3n) is 5.70. The average Bonchev–Trinajstić information content (AvgIpc) is 3.08. The second kappa shape index (κ2) is 5.81. The molecule has 9 heteroatoms. The standard InChI is InChI=1S/C19H22N8O/c1-19(2)14-4-3-12(9-15(14)23-17(19)28)22-18-24-16-10-21-5-6-27(16,26-18)25-13-7-11(20)8-13/h3-6,9-11,13,25H,7-8,20H2,1-2H3,(H-,22,23,26,28)/p+1. The number of benzene rings is 1. The largest absolute Gasteiger partial charge is 0.328 e. The van der Waals surface area contributed by atoms with Gasteiger partial charge in [0.1, 0.15) is 6.21 Å². The maximum absolute atomic E-state index is 12.2. The highest BCUT2D eigenvalue weighted by Crippen LogP contribution is 2.38. The number of hydrogen-bond acceptors (Lipinski definition) is 7. The van der Waals surface area contributed by atoms with E-state index in [9.17, 15) is 4.79 Å². The summed E-state index contributed by atoms with van der Waals surface area (Å²) in [4.78, 5) is 20.9. The van der Waals surface area contributed by atoms with Crippen LogP contribution >= 0.6 is 0 Å². The Balaban J connectivity index is 1.40. The molecule has 0 spiro atoms. The van der Waals surface area contributed by atoms with Gasteiger partial charge in [-0.15, -0.1) is 10.4 Å². The second-order valence-electron chi connectivity index (χ2n) is 8.18. The first-order chi connectivity index (χ1) is 13.4. The topological polar surface area (TPSA) is 116 Å².